The van der Waals surface area contributed by atoms with Crippen LogP contribution in [0.1, 0.15) is 36.8 Å². The molecule has 30 heavy (non-hydrogen) atoms. The largest absolute Gasteiger partial charge is 0.492 e. The van der Waals surface area contributed by atoms with E-state index in [4.69, 9.17) is 4.74 Å². The first kappa shape index (κ1) is 21.9. The molecule has 1 heterocycles. The second kappa shape index (κ2) is 8.89. The van der Waals surface area contributed by atoms with Gasteiger partial charge in [-0.25, -0.2) is 8.42 Å². The summed E-state index contributed by atoms with van der Waals surface area (Å²) in [6, 6.07) is 12.3. The van der Waals surface area contributed by atoms with Crippen molar-refractivity contribution >= 4 is 32.5 Å². The molecule has 0 radical (unpaired) electrons. The Bertz CT molecular complexity index is 1160. The first-order valence-corrected chi connectivity index (χ1v) is 11.4. The molecular weight excluding hydrogens is 402 g/mol. The van der Waals surface area contributed by atoms with Crippen molar-refractivity contribution in [3.63, 3.8) is 0 Å². The van der Waals surface area contributed by atoms with Gasteiger partial charge >= 0.3 is 0 Å². The number of hydrogen-bond donors (Lipinski definition) is 2. The minimum Gasteiger partial charge on any atom is -0.492 e. The van der Waals surface area contributed by atoms with Crippen molar-refractivity contribution in [2.24, 2.45) is 0 Å². The van der Waals surface area contributed by atoms with Crippen molar-refractivity contribution < 1.29 is 17.9 Å². The first-order valence-electron chi connectivity index (χ1n) is 9.97. The smallest absolute Gasteiger partial charge is 0.272 e. The number of hydrogen-bond acceptors (Lipinski definition) is 4. The summed E-state index contributed by atoms with van der Waals surface area (Å²) in [5, 5.41) is 3.71. The number of nitrogens with zero attached hydrogens (tertiary/aromatic N) is 1. The van der Waals surface area contributed by atoms with Gasteiger partial charge in [-0.2, -0.15) is 4.31 Å². The highest BCUT2D eigenvalue weighted by atomic mass is 32.2. The molecule has 160 valence electrons. The van der Waals surface area contributed by atoms with Crippen LogP contribution >= 0.6 is 0 Å². The van der Waals surface area contributed by atoms with Gasteiger partial charge in [0.05, 0.1) is 6.61 Å². The summed E-state index contributed by atoms with van der Waals surface area (Å²) in [5.41, 5.74) is 2.74. The van der Waals surface area contributed by atoms with E-state index in [0.717, 1.165) is 16.5 Å². The summed E-state index contributed by atoms with van der Waals surface area (Å²) in [6.45, 7) is 8.36. The topological polar surface area (TPSA) is 91.5 Å². The lowest BCUT2D eigenvalue weighted by Crippen LogP contribution is -2.31. The van der Waals surface area contributed by atoms with Crippen LogP contribution < -0.4 is 10.1 Å². The third kappa shape index (κ3) is 4.34. The maximum atomic E-state index is 13.1. The van der Waals surface area contributed by atoms with E-state index in [2.05, 4.69) is 10.3 Å². The maximum Gasteiger partial charge on any atom is 0.272 e. The van der Waals surface area contributed by atoms with Gasteiger partial charge in [-0.3, -0.25) is 4.79 Å². The predicted octanol–water partition coefficient (Wildman–Crippen LogP) is 4.16. The number of aryl methyl sites for hydroxylation is 1. The molecule has 0 aliphatic carbocycles. The van der Waals surface area contributed by atoms with E-state index in [1.807, 2.05) is 25.1 Å². The highest BCUT2D eigenvalue weighted by Crippen LogP contribution is 2.30. The number of benzene rings is 2. The molecule has 0 saturated carbocycles. The minimum atomic E-state index is -3.75. The monoisotopic (exact) mass is 429 g/mol. The van der Waals surface area contributed by atoms with Gasteiger partial charge in [0.1, 0.15) is 16.3 Å². The standard InChI is InChI=1S/C22H27N3O4S/c1-5-25(6-2)30(27,28)21-14-17(10-11-20(21)29-7-3)23-22(26)19-13-16-9-8-15(4)12-18(16)24-19/h8-14,24H,5-7H2,1-4H3,(H,23,26). The zero-order valence-electron chi connectivity index (χ0n) is 17.7. The third-order valence-electron chi connectivity index (χ3n) is 4.85. The van der Waals surface area contributed by atoms with Crippen molar-refractivity contribution in [2.75, 3.05) is 25.0 Å². The highest BCUT2D eigenvalue weighted by molar-refractivity contribution is 7.89. The Morgan fingerprint density at radius 3 is 2.47 bits per heavy atom. The fourth-order valence-electron chi connectivity index (χ4n) is 3.33. The zero-order chi connectivity index (χ0) is 21.9. The number of fused-ring (bicyclic) bond motifs is 1. The number of rotatable bonds is 8. The Morgan fingerprint density at radius 1 is 1.07 bits per heavy atom. The lowest BCUT2D eigenvalue weighted by atomic mass is 10.2. The van der Waals surface area contributed by atoms with Gasteiger partial charge in [-0.15, -0.1) is 0 Å². The second-order valence-corrected chi connectivity index (χ2v) is 8.82. The Morgan fingerprint density at radius 2 is 1.80 bits per heavy atom. The number of aromatic amines is 1. The van der Waals surface area contributed by atoms with Crippen molar-refractivity contribution in [1.82, 2.24) is 9.29 Å². The second-order valence-electron chi connectivity index (χ2n) is 6.91. The molecule has 0 aliphatic heterocycles. The predicted molar refractivity (Wildman–Crippen MR) is 119 cm³/mol. The fourth-order valence-corrected chi connectivity index (χ4v) is 4.94. The molecule has 0 fully saturated rings. The molecule has 1 amide bonds. The number of anilines is 1. The van der Waals surface area contributed by atoms with Gasteiger partial charge in [0.25, 0.3) is 5.91 Å². The van der Waals surface area contributed by atoms with Crippen LogP contribution in [0.4, 0.5) is 5.69 Å². The van der Waals surface area contributed by atoms with E-state index < -0.39 is 10.0 Å². The first-order chi connectivity index (χ1) is 14.3. The zero-order valence-corrected chi connectivity index (χ0v) is 18.5. The maximum absolute atomic E-state index is 13.1. The van der Waals surface area contributed by atoms with Crippen molar-refractivity contribution in [3.05, 3.63) is 53.7 Å². The summed E-state index contributed by atoms with van der Waals surface area (Å²) in [5.74, 6) is -0.0808. The minimum absolute atomic E-state index is 0.0399. The average molecular weight is 430 g/mol. The molecule has 0 unspecified atom stereocenters. The van der Waals surface area contributed by atoms with Crippen LogP contribution in [0.5, 0.6) is 5.75 Å². The number of carbonyl (C=O) groups is 1. The molecule has 2 aromatic carbocycles. The Hall–Kier alpha value is -2.84. The van der Waals surface area contributed by atoms with E-state index in [1.54, 1.807) is 39.0 Å². The van der Waals surface area contributed by atoms with Gasteiger partial charge in [0.15, 0.2) is 0 Å². The average Bonchev–Trinajstić information content (AvgIpc) is 3.13. The fraction of sp³-hybridized carbons (Fsp3) is 0.318. The van der Waals surface area contributed by atoms with Crippen molar-refractivity contribution in [1.29, 1.82) is 0 Å². The molecule has 2 N–H and O–H groups in total. The summed E-state index contributed by atoms with van der Waals surface area (Å²) in [4.78, 5) is 15.9. The van der Waals surface area contributed by atoms with Crippen LogP contribution in [0, 0.1) is 6.92 Å². The molecule has 0 spiro atoms. The van der Waals surface area contributed by atoms with Crippen LogP contribution in [-0.4, -0.2) is 43.3 Å². The lowest BCUT2D eigenvalue weighted by Gasteiger charge is -2.21. The molecule has 0 bridgehead atoms. The van der Waals surface area contributed by atoms with Gasteiger partial charge in [0, 0.05) is 29.7 Å². The third-order valence-corrected chi connectivity index (χ3v) is 6.92. The molecular formula is C22H27N3O4S. The number of sulfonamides is 1. The summed E-state index contributed by atoms with van der Waals surface area (Å²) >= 11 is 0. The number of amides is 1. The van der Waals surface area contributed by atoms with Crippen LogP contribution in [0.25, 0.3) is 10.9 Å². The van der Waals surface area contributed by atoms with E-state index in [-0.39, 0.29) is 16.6 Å². The number of H-pyrrole nitrogens is 1. The quantitative estimate of drug-likeness (QED) is 0.562. The number of nitrogens with one attached hydrogen (secondary N) is 2. The number of carbonyl (C=O) groups excluding carboxylic acids is 1. The van der Waals surface area contributed by atoms with Crippen molar-refractivity contribution in [3.8, 4) is 5.75 Å². The van der Waals surface area contributed by atoms with Crippen LogP contribution in [0.2, 0.25) is 0 Å². The molecule has 0 saturated heterocycles. The van der Waals surface area contributed by atoms with Crippen LogP contribution in [0.3, 0.4) is 0 Å². The molecule has 7 nitrogen and oxygen atoms in total. The van der Waals surface area contributed by atoms with E-state index in [1.165, 1.54) is 10.4 Å². The van der Waals surface area contributed by atoms with Gasteiger partial charge in [0.2, 0.25) is 10.0 Å². The van der Waals surface area contributed by atoms with Gasteiger partial charge < -0.3 is 15.0 Å². The SMILES string of the molecule is CCOc1ccc(NC(=O)c2cc3ccc(C)cc3[nH]2)cc1S(=O)(=O)N(CC)CC. The number of ether oxygens (including phenoxy) is 1. The molecule has 3 rings (SSSR count). The summed E-state index contributed by atoms with van der Waals surface area (Å²) < 4.78 is 33.0. The van der Waals surface area contributed by atoms with Crippen LogP contribution in [-0.2, 0) is 10.0 Å². The van der Waals surface area contributed by atoms with E-state index >= 15 is 0 Å². The van der Waals surface area contributed by atoms with Crippen molar-refractivity contribution in [2.45, 2.75) is 32.6 Å². The normalized spacial score (nSPS) is 11.8. The van der Waals surface area contributed by atoms with Crippen LogP contribution in [0.15, 0.2) is 47.4 Å². The summed E-state index contributed by atoms with van der Waals surface area (Å²) in [6.07, 6.45) is 0. The highest BCUT2D eigenvalue weighted by Gasteiger charge is 2.26. The Balaban J connectivity index is 1.94. The molecule has 0 atom stereocenters. The Labute approximate surface area is 177 Å². The molecule has 1 aromatic heterocycles. The molecule has 0 aliphatic rings. The van der Waals surface area contributed by atoms with Gasteiger partial charge in [-0.05, 0) is 49.7 Å². The lowest BCUT2D eigenvalue weighted by molar-refractivity contribution is 0.102. The molecule has 3 aromatic rings. The van der Waals surface area contributed by atoms with E-state index in [0.29, 0.717) is 31.1 Å². The molecule has 8 heteroatoms. The Kier molecular flexibility index (Phi) is 6.48. The number of aromatic nitrogens is 1. The van der Waals surface area contributed by atoms with E-state index in [9.17, 15) is 13.2 Å². The summed E-state index contributed by atoms with van der Waals surface area (Å²) in [7, 11) is -3.75. The van der Waals surface area contributed by atoms with Gasteiger partial charge in [-0.1, -0.05) is 26.0 Å².